The monoisotopic (exact) mass is 451 g/mol. The quantitative estimate of drug-likeness (QED) is 0.534. The van der Waals surface area contributed by atoms with Crippen molar-refractivity contribution in [1.29, 1.82) is 0 Å². The van der Waals surface area contributed by atoms with Gasteiger partial charge in [0, 0.05) is 36.0 Å². The molecule has 0 amide bonds. The maximum atomic E-state index is 14.5. The van der Waals surface area contributed by atoms with E-state index in [1.54, 1.807) is 6.07 Å². The molecular weight excluding hydrogens is 417 g/mol. The third kappa shape index (κ3) is 5.11. The van der Waals surface area contributed by atoms with Gasteiger partial charge in [-0.1, -0.05) is 18.2 Å². The van der Waals surface area contributed by atoms with Gasteiger partial charge in [-0.15, -0.1) is 0 Å². The second kappa shape index (κ2) is 10.0. The molecule has 1 aliphatic heterocycles. The van der Waals surface area contributed by atoms with Crippen LogP contribution >= 0.6 is 0 Å². The van der Waals surface area contributed by atoms with Crippen LogP contribution in [0.15, 0.2) is 48.7 Å². The topological polar surface area (TPSA) is 54.4 Å². The van der Waals surface area contributed by atoms with Crippen LogP contribution in [-0.2, 0) is 6.54 Å². The van der Waals surface area contributed by atoms with Crippen molar-refractivity contribution in [3.63, 3.8) is 0 Å². The smallest absolute Gasteiger partial charge is 0.165 e. The van der Waals surface area contributed by atoms with Gasteiger partial charge in [0.05, 0.1) is 18.5 Å². The molecule has 0 saturated carbocycles. The van der Waals surface area contributed by atoms with Gasteiger partial charge in [0.25, 0.3) is 0 Å². The maximum absolute atomic E-state index is 14.5. The lowest BCUT2D eigenvalue weighted by atomic mass is 9.93. The number of hydrogen-bond donors (Lipinski definition) is 2. The molecule has 3 aromatic rings. The summed E-state index contributed by atoms with van der Waals surface area (Å²) in [5.41, 5.74) is 11.4. The van der Waals surface area contributed by atoms with E-state index in [-0.39, 0.29) is 11.6 Å². The molecule has 6 nitrogen and oxygen atoms in total. The number of rotatable bonds is 8. The van der Waals surface area contributed by atoms with E-state index in [2.05, 4.69) is 61.9 Å². The van der Waals surface area contributed by atoms with Crippen LogP contribution in [0.1, 0.15) is 31.4 Å². The fraction of sp³-hybridized carbons (Fsp3) is 0.423. The molecule has 176 valence electrons. The summed E-state index contributed by atoms with van der Waals surface area (Å²) in [4.78, 5) is 2.32. The van der Waals surface area contributed by atoms with Gasteiger partial charge < -0.3 is 9.64 Å². The van der Waals surface area contributed by atoms with E-state index in [1.165, 1.54) is 13.2 Å². The molecule has 1 aliphatic rings. The van der Waals surface area contributed by atoms with Gasteiger partial charge in [-0.25, -0.2) is 9.07 Å². The summed E-state index contributed by atoms with van der Waals surface area (Å²) in [6.45, 7) is 8.22. The van der Waals surface area contributed by atoms with Crippen molar-refractivity contribution in [2.45, 2.75) is 45.8 Å². The first-order chi connectivity index (χ1) is 15.9. The average Bonchev–Trinajstić information content (AvgIpc) is 3.35. The van der Waals surface area contributed by atoms with Crippen molar-refractivity contribution in [3.8, 4) is 22.7 Å². The standard InChI is InChI=1S/C26H34FN5O/c1-17-8-6-7-9-24(17)32-16-21(15-31(4)13-12-22-18(2)28-29-19(22)3)26(30-32)20-10-11-25(33-5)23(27)14-20/h6-11,14,16,18-19,22,28-29H,12-13,15H2,1-5H3. The Morgan fingerprint density at radius 2 is 1.85 bits per heavy atom. The minimum atomic E-state index is -0.385. The average molecular weight is 452 g/mol. The van der Waals surface area contributed by atoms with E-state index in [0.717, 1.165) is 47.6 Å². The zero-order chi connectivity index (χ0) is 23.5. The Bertz CT molecular complexity index is 1090. The van der Waals surface area contributed by atoms with E-state index in [0.29, 0.717) is 18.0 Å². The summed E-state index contributed by atoms with van der Waals surface area (Å²) in [6, 6.07) is 14.1. The second-order valence-corrected chi connectivity index (χ2v) is 9.14. The molecule has 33 heavy (non-hydrogen) atoms. The van der Waals surface area contributed by atoms with Gasteiger partial charge in [0.1, 0.15) is 0 Å². The Labute approximate surface area is 195 Å². The first-order valence-corrected chi connectivity index (χ1v) is 11.6. The van der Waals surface area contributed by atoms with Crippen LogP contribution in [0, 0.1) is 18.7 Å². The summed E-state index contributed by atoms with van der Waals surface area (Å²) in [6.07, 6.45) is 3.16. The van der Waals surface area contributed by atoms with Gasteiger partial charge in [-0.2, -0.15) is 5.10 Å². The number of para-hydroxylation sites is 1. The van der Waals surface area contributed by atoms with Crippen molar-refractivity contribution in [2.24, 2.45) is 5.92 Å². The molecule has 2 aromatic carbocycles. The lowest BCUT2D eigenvalue weighted by molar-refractivity contribution is 0.279. The van der Waals surface area contributed by atoms with Gasteiger partial charge in [-0.05, 0) is 76.5 Å². The second-order valence-electron chi connectivity index (χ2n) is 9.14. The minimum absolute atomic E-state index is 0.234. The first-order valence-electron chi connectivity index (χ1n) is 11.6. The van der Waals surface area contributed by atoms with Crippen molar-refractivity contribution >= 4 is 0 Å². The van der Waals surface area contributed by atoms with Crippen LogP contribution in [-0.4, -0.2) is 47.5 Å². The Morgan fingerprint density at radius 1 is 1.12 bits per heavy atom. The fourth-order valence-corrected chi connectivity index (χ4v) is 4.68. The Kier molecular flexibility index (Phi) is 7.12. The number of nitrogens with zero attached hydrogens (tertiary/aromatic N) is 3. The Hall–Kier alpha value is -2.74. The van der Waals surface area contributed by atoms with Crippen molar-refractivity contribution in [3.05, 3.63) is 65.6 Å². The number of nitrogens with one attached hydrogen (secondary N) is 2. The highest BCUT2D eigenvalue weighted by molar-refractivity contribution is 5.64. The molecule has 1 saturated heterocycles. The minimum Gasteiger partial charge on any atom is -0.494 e. The van der Waals surface area contributed by atoms with Crippen LogP contribution in [0.5, 0.6) is 5.75 Å². The third-order valence-electron chi connectivity index (χ3n) is 6.69. The number of aromatic nitrogens is 2. The first kappa shape index (κ1) is 23.4. The largest absolute Gasteiger partial charge is 0.494 e. The van der Waals surface area contributed by atoms with E-state index < -0.39 is 0 Å². The Morgan fingerprint density at radius 3 is 2.52 bits per heavy atom. The predicted octanol–water partition coefficient (Wildman–Crippen LogP) is 4.32. The zero-order valence-corrected chi connectivity index (χ0v) is 20.1. The number of methoxy groups -OCH3 is 1. The molecule has 1 fully saturated rings. The molecule has 0 aliphatic carbocycles. The molecule has 1 aromatic heterocycles. The summed E-state index contributed by atoms with van der Waals surface area (Å²) >= 11 is 0. The molecule has 2 atom stereocenters. The highest BCUT2D eigenvalue weighted by Gasteiger charge is 2.29. The van der Waals surface area contributed by atoms with E-state index >= 15 is 0 Å². The van der Waals surface area contributed by atoms with Crippen molar-refractivity contribution < 1.29 is 9.13 Å². The van der Waals surface area contributed by atoms with Crippen LogP contribution in [0.25, 0.3) is 16.9 Å². The van der Waals surface area contributed by atoms with E-state index in [1.807, 2.05) is 22.9 Å². The normalized spacial score (nSPS) is 20.5. The molecule has 2 unspecified atom stereocenters. The number of hydrogen-bond acceptors (Lipinski definition) is 5. The van der Waals surface area contributed by atoms with Crippen LogP contribution < -0.4 is 15.6 Å². The molecule has 0 radical (unpaired) electrons. The van der Waals surface area contributed by atoms with Crippen molar-refractivity contribution in [2.75, 3.05) is 20.7 Å². The lowest BCUT2D eigenvalue weighted by Crippen LogP contribution is -2.30. The van der Waals surface area contributed by atoms with E-state index in [9.17, 15) is 4.39 Å². The number of benzene rings is 2. The number of halogens is 1. The number of aryl methyl sites for hydroxylation is 1. The van der Waals surface area contributed by atoms with E-state index in [4.69, 9.17) is 9.84 Å². The fourth-order valence-electron chi connectivity index (χ4n) is 4.68. The SMILES string of the molecule is COc1ccc(-c2nn(-c3ccccc3C)cc2CN(C)CCC2C(C)NNC2C)cc1F. The number of hydrazine groups is 1. The molecule has 2 heterocycles. The maximum Gasteiger partial charge on any atom is 0.165 e. The highest BCUT2D eigenvalue weighted by atomic mass is 19.1. The molecule has 0 spiro atoms. The molecular formula is C26H34FN5O. The molecule has 4 rings (SSSR count). The summed E-state index contributed by atoms with van der Waals surface area (Å²) in [5.74, 6) is 0.430. The highest BCUT2D eigenvalue weighted by Crippen LogP contribution is 2.29. The predicted molar refractivity (Wildman–Crippen MR) is 130 cm³/mol. The zero-order valence-electron chi connectivity index (χ0n) is 20.1. The van der Waals surface area contributed by atoms with Gasteiger partial charge in [-0.3, -0.25) is 10.9 Å². The number of ether oxygens (including phenoxy) is 1. The lowest BCUT2D eigenvalue weighted by Gasteiger charge is -2.22. The van der Waals surface area contributed by atoms with Crippen LogP contribution in [0.2, 0.25) is 0 Å². The van der Waals surface area contributed by atoms with Gasteiger partial charge >= 0.3 is 0 Å². The third-order valence-corrected chi connectivity index (χ3v) is 6.69. The van der Waals surface area contributed by atoms with Crippen molar-refractivity contribution in [1.82, 2.24) is 25.5 Å². The van der Waals surface area contributed by atoms with Gasteiger partial charge in [0.15, 0.2) is 11.6 Å². The van der Waals surface area contributed by atoms with Crippen LogP contribution in [0.3, 0.4) is 0 Å². The molecule has 2 N–H and O–H groups in total. The Balaban J connectivity index is 1.61. The molecule has 7 heteroatoms. The van der Waals surface area contributed by atoms with Gasteiger partial charge in [0.2, 0.25) is 0 Å². The summed E-state index contributed by atoms with van der Waals surface area (Å²) < 4.78 is 21.5. The van der Waals surface area contributed by atoms with Crippen LogP contribution in [0.4, 0.5) is 4.39 Å². The molecule has 0 bridgehead atoms. The summed E-state index contributed by atoms with van der Waals surface area (Å²) in [5, 5.41) is 4.89. The summed E-state index contributed by atoms with van der Waals surface area (Å²) in [7, 11) is 3.61.